The minimum Gasteiger partial charge on any atom is -0.388 e. The van der Waals surface area contributed by atoms with Crippen molar-refractivity contribution in [3.05, 3.63) is 53.6 Å². The standard InChI is InChI=1S/C17H22N2O/c1-2-9-19-10-8-18-17(19)12-16(20)15-5-3-4-14(11-15)13-6-7-13/h3-5,8,10-11,13,16,20H,2,6-7,9,12H2,1H3. The Morgan fingerprint density at radius 3 is 3.00 bits per heavy atom. The van der Waals surface area contributed by atoms with Crippen LogP contribution in [0.2, 0.25) is 0 Å². The van der Waals surface area contributed by atoms with Gasteiger partial charge >= 0.3 is 0 Å². The van der Waals surface area contributed by atoms with Gasteiger partial charge in [0.05, 0.1) is 6.10 Å². The first-order valence-corrected chi connectivity index (χ1v) is 7.56. The van der Waals surface area contributed by atoms with Crippen molar-refractivity contribution in [3.8, 4) is 0 Å². The van der Waals surface area contributed by atoms with Crippen molar-refractivity contribution in [1.82, 2.24) is 9.55 Å². The van der Waals surface area contributed by atoms with Crippen LogP contribution in [-0.2, 0) is 13.0 Å². The molecule has 0 amide bonds. The Morgan fingerprint density at radius 2 is 2.25 bits per heavy atom. The average molecular weight is 270 g/mol. The number of imidazole rings is 1. The number of rotatable bonds is 6. The molecule has 3 nitrogen and oxygen atoms in total. The lowest BCUT2D eigenvalue weighted by Gasteiger charge is -2.13. The van der Waals surface area contributed by atoms with Crippen LogP contribution in [0.25, 0.3) is 0 Å². The molecule has 1 aliphatic carbocycles. The molecule has 2 aromatic rings. The third-order valence-electron chi connectivity index (χ3n) is 3.99. The fourth-order valence-electron chi connectivity index (χ4n) is 2.70. The second-order valence-corrected chi connectivity index (χ2v) is 5.70. The lowest BCUT2D eigenvalue weighted by molar-refractivity contribution is 0.174. The Bertz CT molecular complexity index is 572. The van der Waals surface area contributed by atoms with Crippen molar-refractivity contribution < 1.29 is 5.11 Å². The van der Waals surface area contributed by atoms with Crippen molar-refractivity contribution in [1.29, 1.82) is 0 Å². The van der Waals surface area contributed by atoms with Gasteiger partial charge in [0.15, 0.2) is 0 Å². The number of hydrogen-bond acceptors (Lipinski definition) is 2. The van der Waals surface area contributed by atoms with Gasteiger partial charge in [0.2, 0.25) is 0 Å². The van der Waals surface area contributed by atoms with Gasteiger partial charge in [-0.15, -0.1) is 0 Å². The molecule has 1 N–H and O–H groups in total. The van der Waals surface area contributed by atoms with E-state index in [2.05, 4.69) is 34.7 Å². The molecule has 0 spiro atoms. The van der Waals surface area contributed by atoms with Gasteiger partial charge in [-0.25, -0.2) is 4.98 Å². The quantitative estimate of drug-likeness (QED) is 0.873. The number of hydrogen-bond donors (Lipinski definition) is 1. The van der Waals surface area contributed by atoms with Crippen LogP contribution in [0.1, 0.15) is 55.2 Å². The molecule has 3 rings (SSSR count). The Labute approximate surface area is 120 Å². The first-order valence-electron chi connectivity index (χ1n) is 7.56. The molecule has 1 aliphatic rings. The zero-order valence-electron chi connectivity index (χ0n) is 12.0. The molecular weight excluding hydrogens is 248 g/mol. The number of aryl methyl sites for hydroxylation is 1. The van der Waals surface area contributed by atoms with Crippen molar-refractivity contribution in [3.63, 3.8) is 0 Å². The summed E-state index contributed by atoms with van der Waals surface area (Å²) in [4.78, 5) is 4.37. The monoisotopic (exact) mass is 270 g/mol. The van der Waals surface area contributed by atoms with Crippen LogP contribution in [0.3, 0.4) is 0 Å². The van der Waals surface area contributed by atoms with Crippen LogP contribution in [0.15, 0.2) is 36.7 Å². The minimum absolute atomic E-state index is 0.466. The van der Waals surface area contributed by atoms with Gasteiger partial charge in [0.25, 0.3) is 0 Å². The molecule has 20 heavy (non-hydrogen) atoms. The first-order chi connectivity index (χ1) is 9.78. The van der Waals surface area contributed by atoms with Gasteiger partial charge in [-0.3, -0.25) is 0 Å². The molecule has 1 unspecified atom stereocenters. The highest BCUT2D eigenvalue weighted by atomic mass is 16.3. The summed E-state index contributed by atoms with van der Waals surface area (Å²) in [6.07, 6.45) is 7.59. The molecule has 0 bridgehead atoms. The van der Waals surface area contributed by atoms with Crippen molar-refractivity contribution >= 4 is 0 Å². The third-order valence-corrected chi connectivity index (χ3v) is 3.99. The summed E-state index contributed by atoms with van der Waals surface area (Å²) in [6, 6.07) is 8.41. The van der Waals surface area contributed by atoms with E-state index in [0.29, 0.717) is 6.42 Å². The second kappa shape index (κ2) is 5.80. The van der Waals surface area contributed by atoms with Crippen LogP contribution >= 0.6 is 0 Å². The normalized spacial score (nSPS) is 16.3. The molecule has 1 fully saturated rings. The Morgan fingerprint density at radius 1 is 1.40 bits per heavy atom. The van der Waals surface area contributed by atoms with Gasteiger partial charge < -0.3 is 9.67 Å². The SMILES string of the molecule is CCCn1ccnc1CC(O)c1cccc(C2CC2)c1. The van der Waals surface area contributed by atoms with Crippen molar-refractivity contribution in [2.75, 3.05) is 0 Å². The fraction of sp³-hybridized carbons (Fsp3) is 0.471. The summed E-state index contributed by atoms with van der Waals surface area (Å²) < 4.78 is 2.13. The highest BCUT2D eigenvalue weighted by molar-refractivity contribution is 5.30. The maximum Gasteiger partial charge on any atom is 0.111 e. The number of aliphatic hydroxyl groups is 1. The largest absolute Gasteiger partial charge is 0.388 e. The minimum atomic E-state index is -0.466. The molecule has 106 valence electrons. The lowest BCUT2D eigenvalue weighted by atomic mass is 10.0. The van der Waals surface area contributed by atoms with E-state index >= 15 is 0 Å². The number of benzene rings is 1. The van der Waals surface area contributed by atoms with E-state index in [1.54, 1.807) is 0 Å². The van der Waals surface area contributed by atoms with Crippen LogP contribution in [-0.4, -0.2) is 14.7 Å². The van der Waals surface area contributed by atoms with E-state index < -0.39 is 6.10 Å². The summed E-state index contributed by atoms with van der Waals surface area (Å²) in [7, 11) is 0. The van der Waals surface area contributed by atoms with Crippen LogP contribution < -0.4 is 0 Å². The topological polar surface area (TPSA) is 38.0 Å². The maximum atomic E-state index is 10.5. The van der Waals surface area contributed by atoms with E-state index in [0.717, 1.165) is 30.3 Å². The average Bonchev–Trinajstić information content (AvgIpc) is 3.23. The van der Waals surface area contributed by atoms with Crippen LogP contribution in [0.5, 0.6) is 0 Å². The van der Waals surface area contributed by atoms with Gasteiger partial charge in [0.1, 0.15) is 5.82 Å². The molecule has 0 radical (unpaired) electrons. The van der Waals surface area contributed by atoms with E-state index in [1.165, 1.54) is 18.4 Å². The first kappa shape index (κ1) is 13.4. The van der Waals surface area contributed by atoms with Crippen molar-refractivity contribution in [2.24, 2.45) is 0 Å². The lowest BCUT2D eigenvalue weighted by Crippen LogP contribution is -2.09. The van der Waals surface area contributed by atoms with E-state index in [9.17, 15) is 5.11 Å². The molecule has 0 aliphatic heterocycles. The molecule has 1 atom stereocenters. The van der Waals surface area contributed by atoms with Crippen LogP contribution in [0.4, 0.5) is 0 Å². The Kier molecular flexibility index (Phi) is 3.88. The summed E-state index contributed by atoms with van der Waals surface area (Å²) in [6.45, 7) is 3.11. The smallest absolute Gasteiger partial charge is 0.111 e. The van der Waals surface area contributed by atoms with Gasteiger partial charge in [-0.2, -0.15) is 0 Å². The number of nitrogens with zero attached hydrogens (tertiary/aromatic N) is 2. The summed E-state index contributed by atoms with van der Waals surface area (Å²) >= 11 is 0. The third kappa shape index (κ3) is 2.93. The number of aromatic nitrogens is 2. The molecule has 1 heterocycles. The highest BCUT2D eigenvalue weighted by Crippen LogP contribution is 2.40. The molecule has 3 heteroatoms. The maximum absolute atomic E-state index is 10.5. The molecule has 0 saturated heterocycles. The zero-order chi connectivity index (χ0) is 13.9. The molecule has 1 saturated carbocycles. The molecule has 1 aromatic heterocycles. The van der Waals surface area contributed by atoms with Gasteiger partial charge in [-0.05, 0) is 36.3 Å². The fourth-order valence-corrected chi connectivity index (χ4v) is 2.70. The van der Waals surface area contributed by atoms with Crippen molar-refractivity contribution in [2.45, 2.75) is 51.2 Å². The van der Waals surface area contributed by atoms with Crippen LogP contribution in [0, 0.1) is 0 Å². The Hall–Kier alpha value is -1.61. The summed E-state index contributed by atoms with van der Waals surface area (Å²) in [5, 5.41) is 10.5. The highest BCUT2D eigenvalue weighted by Gasteiger charge is 2.24. The zero-order valence-corrected chi connectivity index (χ0v) is 12.0. The van der Waals surface area contributed by atoms with Gasteiger partial charge in [0, 0.05) is 25.4 Å². The predicted octanol–water partition coefficient (Wildman–Crippen LogP) is 3.45. The Balaban J connectivity index is 1.73. The summed E-state index contributed by atoms with van der Waals surface area (Å²) in [5.41, 5.74) is 2.39. The molecule has 1 aromatic carbocycles. The molecular formula is C17H22N2O. The second-order valence-electron chi connectivity index (χ2n) is 5.70. The number of aliphatic hydroxyl groups excluding tert-OH is 1. The van der Waals surface area contributed by atoms with E-state index in [4.69, 9.17) is 0 Å². The summed E-state index contributed by atoms with van der Waals surface area (Å²) in [5.74, 6) is 1.69. The predicted molar refractivity (Wildman–Crippen MR) is 79.6 cm³/mol. The van der Waals surface area contributed by atoms with Gasteiger partial charge in [-0.1, -0.05) is 31.2 Å². The van der Waals surface area contributed by atoms with E-state index in [-0.39, 0.29) is 0 Å². The van der Waals surface area contributed by atoms with E-state index in [1.807, 2.05) is 18.5 Å².